The molecule has 1 aliphatic rings. The molecule has 1 unspecified atom stereocenters. The minimum absolute atomic E-state index is 0.168. The summed E-state index contributed by atoms with van der Waals surface area (Å²) in [6.07, 6.45) is 2.13. The number of benzene rings is 2. The van der Waals surface area contributed by atoms with Crippen molar-refractivity contribution in [1.82, 2.24) is 20.4 Å². The highest BCUT2D eigenvalue weighted by Gasteiger charge is 2.34. The highest BCUT2D eigenvalue weighted by atomic mass is 32.1. The summed E-state index contributed by atoms with van der Waals surface area (Å²) >= 11 is 5.77. The number of unbranched alkanes of at least 4 members (excludes halogenated alkanes) is 1. The first-order valence-electron chi connectivity index (χ1n) is 11.9. The normalized spacial score (nSPS) is 16.1. The Bertz CT molecular complexity index is 1200. The number of nitrogens with one attached hydrogen (secondary N) is 1. The molecule has 0 radical (unpaired) electrons. The topological polar surface area (TPSA) is 63.4 Å². The van der Waals surface area contributed by atoms with Gasteiger partial charge in [0.25, 0.3) is 5.89 Å². The maximum atomic E-state index is 5.84. The van der Waals surface area contributed by atoms with Gasteiger partial charge < -0.3 is 19.5 Å². The van der Waals surface area contributed by atoms with Crippen LogP contribution in [0.2, 0.25) is 0 Å². The summed E-state index contributed by atoms with van der Waals surface area (Å²) in [7, 11) is 0. The SMILES string of the molecule is CCCCN1C(=S)NC(c2ccc(C)c(C)c2)C(c2nc(-c3ccc(OCC)cc3)no2)=C1C. The standard InChI is InChI=1S/C27H32N4O2S/c1-6-8-15-31-19(5)23(24(28-27(31)34)21-10-9-17(3)18(4)16-21)26-29-25(30-33-26)20-11-13-22(14-12-20)32-7-2/h9-14,16,24H,6-8,15H2,1-5H3,(H,28,34). The molecule has 1 atom stereocenters. The lowest BCUT2D eigenvalue weighted by Gasteiger charge is -2.37. The molecular weight excluding hydrogens is 444 g/mol. The van der Waals surface area contributed by atoms with Gasteiger partial charge in [-0.05, 0) is 87.3 Å². The van der Waals surface area contributed by atoms with Crippen LogP contribution in [0.4, 0.5) is 0 Å². The number of aryl methyl sites for hydroxylation is 2. The number of thiocarbonyl (C=S) groups is 1. The quantitative estimate of drug-likeness (QED) is 0.388. The number of ether oxygens (including phenoxy) is 1. The summed E-state index contributed by atoms with van der Waals surface area (Å²) in [6, 6.07) is 14.1. The highest BCUT2D eigenvalue weighted by Crippen LogP contribution is 2.38. The van der Waals surface area contributed by atoms with Gasteiger partial charge in [0.2, 0.25) is 5.82 Å². The van der Waals surface area contributed by atoms with Gasteiger partial charge in [-0.25, -0.2) is 0 Å². The molecule has 6 nitrogen and oxygen atoms in total. The summed E-state index contributed by atoms with van der Waals surface area (Å²) in [5.74, 6) is 1.87. The number of hydrogen-bond acceptors (Lipinski definition) is 5. The largest absolute Gasteiger partial charge is 0.494 e. The van der Waals surface area contributed by atoms with E-state index in [1.54, 1.807) is 0 Å². The van der Waals surface area contributed by atoms with Gasteiger partial charge in [0.15, 0.2) is 5.11 Å². The van der Waals surface area contributed by atoms with E-state index in [1.165, 1.54) is 11.1 Å². The van der Waals surface area contributed by atoms with Gasteiger partial charge in [-0.15, -0.1) is 0 Å². The Balaban J connectivity index is 1.76. The number of nitrogens with zero attached hydrogens (tertiary/aromatic N) is 3. The average Bonchev–Trinajstić information content (AvgIpc) is 3.31. The van der Waals surface area contributed by atoms with E-state index in [9.17, 15) is 0 Å². The monoisotopic (exact) mass is 476 g/mol. The van der Waals surface area contributed by atoms with E-state index >= 15 is 0 Å². The van der Waals surface area contributed by atoms with Crippen molar-refractivity contribution in [3.8, 4) is 17.1 Å². The van der Waals surface area contributed by atoms with Crippen LogP contribution in [0.15, 0.2) is 52.7 Å². The molecule has 0 saturated carbocycles. The number of rotatable bonds is 8. The van der Waals surface area contributed by atoms with Crippen molar-refractivity contribution in [2.45, 2.75) is 53.5 Å². The van der Waals surface area contributed by atoms with E-state index < -0.39 is 0 Å². The van der Waals surface area contributed by atoms with Gasteiger partial charge in [-0.2, -0.15) is 4.98 Å². The van der Waals surface area contributed by atoms with Crippen molar-refractivity contribution in [1.29, 1.82) is 0 Å². The second-order valence-corrected chi connectivity index (χ2v) is 9.00. The smallest absolute Gasteiger partial charge is 0.258 e. The fourth-order valence-electron chi connectivity index (χ4n) is 4.16. The third kappa shape index (κ3) is 4.85. The van der Waals surface area contributed by atoms with E-state index in [2.05, 4.69) is 61.3 Å². The summed E-state index contributed by atoms with van der Waals surface area (Å²) in [4.78, 5) is 6.94. The summed E-state index contributed by atoms with van der Waals surface area (Å²) in [5.41, 5.74) is 6.48. The predicted octanol–water partition coefficient (Wildman–Crippen LogP) is 6.21. The van der Waals surface area contributed by atoms with Crippen LogP contribution in [0.3, 0.4) is 0 Å². The van der Waals surface area contributed by atoms with E-state index in [4.69, 9.17) is 26.5 Å². The second kappa shape index (κ2) is 10.4. The van der Waals surface area contributed by atoms with E-state index in [0.717, 1.165) is 52.6 Å². The Morgan fingerprint density at radius 2 is 1.82 bits per heavy atom. The number of aromatic nitrogens is 2. The molecule has 4 rings (SSSR count). The maximum absolute atomic E-state index is 5.84. The molecule has 0 spiro atoms. The van der Waals surface area contributed by atoms with Gasteiger partial charge in [0.1, 0.15) is 5.75 Å². The third-order valence-corrected chi connectivity index (χ3v) is 6.61. The van der Waals surface area contributed by atoms with Crippen LogP contribution in [0.1, 0.15) is 62.2 Å². The van der Waals surface area contributed by atoms with Crippen molar-refractivity contribution in [2.75, 3.05) is 13.2 Å². The molecule has 0 bridgehead atoms. The van der Waals surface area contributed by atoms with Crippen molar-refractivity contribution in [2.24, 2.45) is 0 Å². The lowest BCUT2D eigenvalue weighted by atomic mass is 9.92. The summed E-state index contributed by atoms with van der Waals surface area (Å²) in [6.45, 7) is 12.0. The van der Waals surface area contributed by atoms with Gasteiger partial charge in [-0.3, -0.25) is 0 Å². The van der Waals surface area contributed by atoms with Crippen LogP contribution >= 0.6 is 12.2 Å². The van der Waals surface area contributed by atoms with Gasteiger partial charge >= 0.3 is 0 Å². The Morgan fingerprint density at radius 1 is 1.06 bits per heavy atom. The zero-order valence-electron chi connectivity index (χ0n) is 20.5. The second-order valence-electron chi connectivity index (χ2n) is 8.61. The molecule has 3 aromatic rings. The van der Waals surface area contributed by atoms with Crippen molar-refractivity contribution in [3.63, 3.8) is 0 Å². The molecule has 0 amide bonds. The van der Waals surface area contributed by atoms with Gasteiger partial charge in [0.05, 0.1) is 18.2 Å². The fraction of sp³-hybridized carbons (Fsp3) is 0.370. The fourth-order valence-corrected chi connectivity index (χ4v) is 4.50. The molecule has 34 heavy (non-hydrogen) atoms. The van der Waals surface area contributed by atoms with Crippen molar-refractivity contribution in [3.05, 3.63) is 70.7 Å². The Morgan fingerprint density at radius 3 is 2.50 bits per heavy atom. The first-order valence-corrected chi connectivity index (χ1v) is 12.3. The van der Waals surface area contributed by atoms with E-state index in [1.807, 2.05) is 31.2 Å². The third-order valence-electron chi connectivity index (χ3n) is 6.28. The zero-order chi connectivity index (χ0) is 24.2. The number of hydrogen-bond donors (Lipinski definition) is 1. The average molecular weight is 477 g/mol. The van der Waals surface area contributed by atoms with Crippen LogP contribution in [0, 0.1) is 13.8 Å². The van der Waals surface area contributed by atoms with Crippen LogP contribution in [0.25, 0.3) is 17.0 Å². The van der Waals surface area contributed by atoms with Gasteiger partial charge in [0, 0.05) is 17.8 Å². The predicted molar refractivity (Wildman–Crippen MR) is 140 cm³/mol. The zero-order valence-corrected chi connectivity index (χ0v) is 21.3. The first-order chi connectivity index (χ1) is 16.4. The van der Waals surface area contributed by atoms with Crippen LogP contribution in [-0.2, 0) is 0 Å². The van der Waals surface area contributed by atoms with Crippen molar-refractivity contribution < 1.29 is 9.26 Å². The lowest BCUT2D eigenvalue weighted by Crippen LogP contribution is -2.46. The van der Waals surface area contributed by atoms with E-state index in [-0.39, 0.29) is 6.04 Å². The van der Waals surface area contributed by atoms with Crippen molar-refractivity contribution >= 4 is 22.9 Å². The molecule has 1 aliphatic heterocycles. The molecule has 178 valence electrons. The lowest BCUT2D eigenvalue weighted by molar-refractivity contribution is 0.340. The molecule has 1 aromatic heterocycles. The molecule has 2 aromatic carbocycles. The van der Waals surface area contributed by atoms with Crippen LogP contribution < -0.4 is 10.1 Å². The van der Waals surface area contributed by atoms with Crippen LogP contribution in [0.5, 0.6) is 5.75 Å². The molecule has 1 N–H and O–H groups in total. The molecule has 0 aliphatic carbocycles. The molecule has 2 heterocycles. The summed E-state index contributed by atoms with van der Waals surface area (Å²) < 4.78 is 11.4. The first kappa shape index (κ1) is 24.0. The Kier molecular flexibility index (Phi) is 7.32. The summed E-state index contributed by atoms with van der Waals surface area (Å²) in [5, 5.41) is 8.57. The molecule has 0 saturated heterocycles. The molecule has 7 heteroatoms. The van der Waals surface area contributed by atoms with Crippen LogP contribution in [-0.4, -0.2) is 33.3 Å². The molecule has 0 fully saturated rings. The van der Waals surface area contributed by atoms with E-state index in [0.29, 0.717) is 18.3 Å². The minimum atomic E-state index is -0.168. The Hall–Kier alpha value is -3.19. The highest BCUT2D eigenvalue weighted by molar-refractivity contribution is 7.80. The Labute approximate surface area is 207 Å². The molecular formula is C27H32N4O2S. The maximum Gasteiger partial charge on any atom is 0.258 e. The number of allylic oxidation sites excluding steroid dienone is 1. The van der Waals surface area contributed by atoms with Gasteiger partial charge in [-0.1, -0.05) is 36.7 Å². The minimum Gasteiger partial charge on any atom is -0.494 e.